The number of hydrogen-bond donors (Lipinski definition) is 0. The van der Waals surface area contributed by atoms with E-state index in [0.717, 1.165) is 0 Å². The standard InChI is InChI=1S/C6H10F4O3S.K/c7-5(14(11,12)13)3-1-2-4-6(8,9)10;/h5H,1-4H2,(H,11,12,13);/q;+1/p-1. The molecule has 0 aliphatic carbocycles. The first-order valence-corrected chi connectivity index (χ1v) is 5.25. The fourth-order valence-corrected chi connectivity index (χ4v) is 1.23. The molecule has 1 atom stereocenters. The van der Waals surface area contributed by atoms with Crippen LogP contribution in [0.2, 0.25) is 0 Å². The monoisotopic (exact) mass is 276 g/mol. The third-order valence-electron chi connectivity index (χ3n) is 1.45. The first kappa shape index (κ1) is 18.6. The molecule has 0 aromatic heterocycles. The number of rotatable bonds is 5. The smallest absolute Gasteiger partial charge is 0.746 e. The Hall–Kier alpha value is 1.27. The van der Waals surface area contributed by atoms with Crippen LogP contribution in [-0.2, 0) is 10.1 Å². The summed E-state index contributed by atoms with van der Waals surface area (Å²) in [4.78, 5) is 0. The second kappa shape index (κ2) is 7.57. The fraction of sp³-hybridized carbons (Fsp3) is 1.00. The zero-order chi connectivity index (χ0) is 11.4. The molecule has 0 rings (SSSR count). The third-order valence-corrected chi connectivity index (χ3v) is 2.32. The van der Waals surface area contributed by atoms with Crippen LogP contribution in [0.25, 0.3) is 0 Å². The summed E-state index contributed by atoms with van der Waals surface area (Å²) in [5, 5.41) is 0. The fourth-order valence-electron chi connectivity index (χ4n) is 0.775. The molecule has 0 fully saturated rings. The van der Waals surface area contributed by atoms with Gasteiger partial charge in [0.25, 0.3) is 0 Å². The molecular formula is C6H9F4KO3S. The second-order valence-electron chi connectivity index (χ2n) is 2.76. The molecule has 0 saturated heterocycles. The third kappa shape index (κ3) is 11.5. The molecule has 0 N–H and O–H groups in total. The van der Waals surface area contributed by atoms with Crippen molar-refractivity contribution >= 4 is 10.1 Å². The van der Waals surface area contributed by atoms with Crippen LogP contribution in [0.15, 0.2) is 0 Å². The maximum atomic E-state index is 12.3. The van der Waals surface area contributed by atoms with E-state index in [9.17, 15) is 30.5 Å². The predicted molar refractivity (Wildman–Crippen MR) is 39.1 cm³/mol. The van der Waals surface area contributed by atoms with Crippen molar-refractivity contribution in [1.82, 2.24) is 0 Å². The van der Waals surface area contributed by atoms with Crippen LogP contribution in [0.5, 0.6) is 0 Å². The molecular weight excluding hydrogens is 267 g/mol. The van der Waals surface area contributed by atoms with Crippen molar-refractivity contribution < 1.29 is 81.9 Å². The van der Waals surface area contributed by atoms with Crippen LogP contribution in [-0.4, -0.2) is 24.7 Å². The van der Waals surface area contributed by atoms with Gasteiger partial charge in [-0.05, 0) is 19.3 Å². The number of alkyl halides is 4. The van der Waals surface area contributed by atoms with Gasteiger partial charge in [0, 0.05) is 6.42 Å². The molecule has 15 heavy (non-hydrogen) atoms. The Kier molecular flexibility index (Phi) is 9.39. The van der Waals surface area contributed by atoms with E-state index < -0.39 is 34.6 Å². The van der Waals surface area contributed by atoms with Gasteiger partial charge in [-0.1, -0.05) is 0 Å². The molecule has 0 amide bonds. The van der Waals surface area contributed by atoms with E-state index in [0.29, 0.717) is 0 Å². The topological polar surface area (TPSA) is 57.2 Å². The quantitative estimate of drug-likeness (QED) is 0.279. The molecule has 0 aliphatic heterocycles. The van der Waals surface area contributed by atoms with Gasteiger partial charge < -0.3 is 4.55 Å². The molecule has 0 aromatic carbocycles. The van der Waals surface area contributed by atoms with Crippen molar-refractivity contribution in [2.24, 2.45) is 0 Å². The Labute approximate surface area is 128 Å². The molecule has 1 unspecified atom stereocenters. The van der Waals surface area contributed by atoms with Crippen LogP contribution in [0.1, 0.15) is 25.7 Å². The van der Waals surface area contributed by atoms with Crippen molar-refractivity contribution in [2.45, 2.75) is 37.4 Å². The zero-order valence-electron chi connectivity index (χ0n) is 8.05. The maximum Gasteiger partial charge on any atom is 1.00 e. The van der Waals surface area contributed by atoms with Gasteiger partial charge in [0.05, 0.1) is 0 Å². The van der Waals surface area contributed by atoms with Crippen molar-refractivity contribution in [1.29, 1.82) is 0 Å². The van der Waals surface area contributed by atoms with Gasteiger partial charge in [0.15, 0.2) is 5.50 Å². The molecule has 0 spiro atoms. The molecule has 0 aromatic rings. The van der Waals surface area contributed by atoms with E-state index in [1.165, 1.54) is 0 Å². The molecule has 0 bridgehead atoms. The van der Waals surface area contributed by atoms with E-state index in [-0.39, 0.29) is 64.2 Å². The van der Waals surface area contributed by atoms with Gasteiger partial charge in [-0.25, -0.2) is 12.8 Å². The summed E-state index contributed by atoms with van der Waals surface area (Å²) in [6.45, 7) is 0. The van der Waals surface area contributed by atoms with Gasteiger partial charge >= 0.3 is 57.6 Å². The summed E-state index contributed by atoms with van der Waals surface area (Å²) < 4.78 is 76.9. The first-order chi connectivity index (χ1) is 6.13. The van der Waals surface area contributed by atoms with Crippen LogP contribution >= 0.6 is 0 Å². The van der Waals surface area contributed by atoms with Crippen molar-refractivity contribution in [3.8, 4) is 0 Å². The van der Waals surface area contributed by atoms with Crippen LogP contribution < -0.4 is 51.4 Å². The minimum Gasteiger partial charge on any atom is -0.746 e. The average molecular weight is 276 g/mol. The summed E-state index contributed by atoms with van der Waals surface area (Å²) >= 11 is 0. The molecule has 0 saturated carbocycles. The van der Waals surface area contributed by atoms with Gasteiger partial charge in [0.2, 0.25) is 0 Å². The number of hydrogen-bond acceptors (Lipinski definition) is 3. The van der Waals surface area contributed by atoms with Crippen molar-refractivity contribution in [2.75, 3.05) is 0 Å². The van der Waals surface area contributed by atoms with Crippen molar-refractivity contribution in [3.05, 3.63) is 0 Å². The van der Waals surface area contributed by atoms with Gasteiger partial charge in [-0.15, -0.1) is 0 Å². The minimum absolute atomic E-state index is 0. The van der Waals surface area contributed by atoms with Gasteiger partial charge in [-0.3, -0.25) is 0 Å². The van der Waals surface area contributed by atoms with E-state index in [1.54, 1.807) is 0 Å². The first-order valence-electron chi connectivity index (χ1n) is 3.78. The Bertz CT molecular complexity index is 264. The summed E-state index contributed by atoms with van der Waals surface area (Å²) in [5.41, 5.74) is -2.60. The van der Waals surface area contributed by atoms with E-state index >= 15 is 0 Å². The summed E-state index contributed by atoms with van der Waals surface area (Å²) in [6.07, 6.45) is -6.76. The largest absolute Gasteiger partial charge is 1.00 e. The minimum atomic E-state index is -5.02. The molecule has 0 heterocycles. The average Bonchev–Trinajstić information content (AvgIpc) is 1.93. The van der Waals surface area contributed by atoms with Gasteiger partial charge in [-0.2, -0.15) is 13.2 Å². The number of halogens is 4. The molecule has 3 nitrogen and oxygen atoms in total. The Morgan fingerprint density at radius 2 is 1.67 bits per heavy atom. The zero-order valence-corrected chi connectivity index (χ0v) is 12.0. The molecule has 86 valence electrons. The Morgan fingerprint density at radius 1 is 1.20 bits per heavy atom. The van der Waals surface area contributed by atoms with E-state index in [4.69, 9.17) is 0 Å². The van der Waals surface area contributed by atoms with Crippen molar-refractivity contribution in [3.63, 3.8) is 0 Å². The van der Waals surface area contributed by atoms with Crippen LogP contribution in [0.3, 0.4) is 0 Å². The van der Waals surface area contributed by atoms with E-state index in [2.05, 4.69) is 0 Å². The van der Waals surface area contributed by atoms with Crippen LogP contribution in [0.4, 0.5) is 17.6 Å². The number of unbranched alkanes of at least 4 members (excludes halogenated alkanes) is 1. The Balaban J connectivity index is 0. The Morgan fingerprint density at radius 3 is 2.00 bits per heavy atom. The molecule has 9 heteroatoms. The summed E-state index contributed by atoms with van der Waals surface area (Å²) in [5.74, 6) is 0. The molecule has 0 aliphatic rings. The maximum absolute atomic E-state index is 12.3. The summed E-state index contributed by atoms with van der Waals surface area (Å²) in [6, 6.07) is 0. The van der Waals surface area contributed by atoms with Gasteiger partial charge in [0.1, 0.15) is 10.1 Å². The second-order valence-corrected chi connectivity index (χ2v) is 4.26. The van der Waals surface area contributed by atoms with E-state index in [1.807, 2.05) is 0 Å². The molecule has 0 radical (unpaired) electrons. The van der Waals surface area contributed by atoms with Crippen LogP contribution in [0, 0.1) is 0 Å². The predicted octanol–water partition coefficient (Wildman–Crippen LogP) is -1.05. The normalized spacial score (nSPS) is 14.5. The summed E-state index contributed by atoms with van der Waals surface area (Å²) in [7, 11) is -5.02. The SMILES string of the molecule is O=S(=O)([O-])C(F)CCCCC(F)(F)F.[K+].